The molecule has 2 aliphatic rings. The van der Waals surface area contributed by atoms with Crippen LogP contribution in [-0.4, -0.2) is 43.0 Å². The number of hydrogen-bond donors (Lipinski definition) is 2. The largest absolute Gasteiger partial charge is 0.368 e. The average Bonchev–Trinajstić information content (AvgIpc) is 3.00. The van der Waals surface area contributed by atoms with E-state index in [0.717, 1.165) is 25.0 Å². The molecule has 2 fully saturated rings. The molecule has 0 spiro atoms. The number of likely N-dealkylation sites (N-methyl/N-ethyl adjacent to an activating group) is 1. The van der Waals surface area contributed by atoms with E-state index < -0.39 is 0 Å². The molecule has 0 aliphatic heterocycles. The molecule has 2 aliphatic carbocycles. The third-order valence-corrected chi connectivity index (χ3v) is 3.36. The van der Waals surface area contributed by atoms with E-state index in [9.17, 15) is 4.79 Å². The Kier molecular flexibility index (Phi) is 3.26. The molecule has 4 nitrogen and oxygen atoms in total. The van der Waals surface area contributed by atoms with Crippen LogP contribution >= 0.6 is 0 Å². The zero-order valence-corrected chi connectivity index (χ0v) is 9.41. The van der Waals surface area contributed by atoms with Crippen LogP contribution in [0.1, 0.15) is 25.7 Å². The summed E-state index contributed by atoms with van der Waals surface area (Å²) in [5.74, 6) is 0.648. The molecule has 0 aromatic heterocycles. The Balaban J connectivity index is 1.83. The summed E-state index contributed by atoms with van der Waals surface area (Å²) in [6, 6.07) is 0.533. The van der Waals surface area contributed by atoms with Crippen molar-refractivity contribution < 1.29 is 4.79 Å². The van der Waals surface area contributed by atoms with Gasteiger partial charge in [-0.25, -0.2) is 0 Å². The van der Waals surface area contributed by atoms with Crippen molar-refractivity contribution in [2.75, 3.05) is 20.1 Å². The van der Waals surface area contributed by atoms with Crippen molar-refractivity contribution in [3.05, 3.63) is 0 Å². The molecule has 0 radical (unpaired) electrons. The fourth-order valence-corrected chi connectivity index (χ4v) is 2.00. The van der Waals surface area contributed by atoms with E-state index in [-0.39, 0.29) is 11.9 Å². The van der Waals surface area contributed by atoms with Crippen molar-refractivity contribution in [3.8, 4) is 0 Å². The maximum atomic E-state index is 11.1. The smallest absolute Gasteiger partial charge is 0.235 e. The zero-order valence-electron chi connectivity index (χ0n) is 9.41. The summed E-state index contributed by atoms with van der Waals surface area (Å²) in [6.07, 6.45) is 5.32. The third kappa shape index (κ3) is 3.18. The zero-order chi connectivity index (χ0) is 10.8. The topological polar surface area (TPSA) is 58.4 Å². The molecule has 0 aromatic carbocycles. The van der Waals surface area contributed by atoms with Gasteiger partial charge in [0.2, 0.25) is 5.91 Å². The minimum atomic E-state index is -0.237. The maximum Gasteiger partial charge on any atom is 0.235 e. The third-order valence-electron chi connectivity index (χ3n) is 3.36. The van der Waals surface area contributed by atoms with Crippen molar-refractivity contribution in [2.24, 2.45) is 11.7 Å². The predicted octanol–water partition coefficient (Wildman–Crippen LogP) is -0.0659. The second-order valence-corrected chi connectivity index (χ2v) is 4.87. The lowest BCUT2D eigenvalue weighted by atomic mass is 10.2. The number of carbonyl (C=O) groups is 1. The van der Waals surface area contributed by atoms with Crippen molar-refractivity contribution in [1.82, 2.24) is 10.2 Å². The van der Waals surface area contributed by atoms with Gasteiger partial charge >= 0.3 is 0 Å². The number of carbonyl (C=O) groups excluding carboxylic acids is 1. The van der Waals surface area contributed by atoms with Crippen molar-refractivity contribution >= 4 is 5.91 Å². The summed E-state index contributed by atoms with van der Waals surface area (Å²) in [6.45, 7) is 1.95. The van der Waals surface area contributed by atoms with E-state index >= 15 is 0 Å². The van der Waals surface area contributed by atoms with Gasteiger partial charge in [0.15, 0.2) is 0 Å². The fraction of sp³-hybridized carbons (Fsp3) is 0.909. The molecule has 0 bridgehead atoms. The summed E-state index contributed by atoms with van der Waals surface area (Å²) in [4.78, 5) is 13.6. The lowest BCUT2D eigenvalue weighted by molar-refractivity contribution is -0.120. The highest BCUT2D eigenvalue weighted by molar-refractivity contribution is 5.80. The molecule has 1 unspecified atom stereocenters. The first kappa shape index (κ1) is 10.9. The lowest BCUT2D eigenvalue weighted by Gasteiger charge is -2.25. The molecule has 0 heterocycles. The van der Waals surface area contributed by atoms with E-state index in [1.165, 1.54) is 25.7 Å². The molecule has 3 N–H and O–H groups in total. The van der Waals surface area contributed by atoms with Crippen molar-refractivity contribution in [3.63, 3.8) is 0 Å². The summed E-state index contributed by atoms with van der Waals surface area (Å²) in [7, 11) is 1.80. The Morgan fingerprint density at radius 1 is 1.47 bits per heavy atom. The lowest BCUT2D eigenvalue weighted by Crippen LogP contribution is -2.48. The number of nitrogens with two attached hydrogens (primary N) is 1. The minimum Gasteiger partial charge on any atom is -0.368 e. The summed E-state index contributed by atoms with van der Waals surface area (Å²) in [5.41, 5.74) is 5.33. The SMILES string of the molecule is CNC(CN(CC1CC1)C1CC1)C(N)=O. The van der Waals surface area contributed by atoms with Gasteiger partial charge in [0.25, 0.3) is 0 Å². The Morgan fingerprint density at radius 2 is 2.13 bits per heavy atom. The van der Waals surface area contributed by atoms with Crippen LogP contribution in [0, 0.1) is 5.92 Å². The van der Waals surface area contributed by atoms with E-state index in [0.29, 0.717) is 0 Å². The first-order chi connectivity index (χ1) is 7.20. The molecular weight excluding hydrogens is 190 g/mol. The highest BCUT2D eigenvalue weighted by Crippen LogP contribution is 2.34. The van der Waals surface area contributed by atoms with Gasteiger partial charge in [0.1, 0.15) is 0 Å². The molecule has 0 saturated heterocycles. The quantitative estimate of drug-likeness (QED) is 0.620. The van der Waals surface area contributed by atoms with Crippen LogP contribution in [0.2, 0.25) is 0 Å². The summed E-state index contributed by atoms with van der Waals surface area (Å²) < 4.78 is 0. The number of primary amides is 1. The molecule has 4 heteroatoms. The standard InChI is InChI=1S/C11H21N3O/c1-13-10(11(12)15)7-14(9-4-5-9)6-8-2-3-8/h8-10,13H,2-7H2,1H3,(H2,12,15). The van der Waals surface area contributed by atoms with Gasteiger partial charge in [0, 0.05) is 19.1 Å². The highest BCUT2D eigenvalue weighted by atomic mass is 16.1. The molecule has 1 amide bonds. The minimum absolute atomic E-state index is 0.190. The first-order valence-corrected chi connectivity index (χ1v) is 5.91. The first-order valence-electron chi connectivity index (χ1n) is 5.91. The van der Waals surface area contributed by atoms with Gasteiger partial charge in [-0.05, 0) is 38.6 Å². The van der Waals surface area contributed by atoms with Crippen LogP contribution in [0.3, 0.4) is 0 Å². The number of nitrogens with one attached hydrogen (secondary N) is 1. The van der Waals surface area contributed by atoms with E-state index in [1.54, 1.807) is 7.05 Å². The summed E-state index contributed by atoms with van der Waals surface area (Å²) in [5, 5.41) is 2.99. The second-order valence-electron chi connectivity index (χ2n) is 4.87. The molecule has 15 heavy (non-hydrogen) atoms. The fourth-order valence-electron chi connectivity index (χ4n) is 2.00. The van der Waals surface area contributed by atoms with Crippen LogP contribution in [-0.2, 0) is 4.79 Å². The van der Waals surface area contributed by atoms with Crippen LogP contribution in [0.15, 0.2) is 0 Å². The van der Waals surface area contributed by atoms with Gasteiger partial charge in [0.05, 0.1) is 6.04 Å². The van der Waals surface area contributed by atoms with Crippen molar-refractivity contribution in [1.29, 1.82) is 0 Å². The van der Waals surface area contributed by atoms with Crippen LogP contribution < -0.4 is 11.1 Å². The predicted molar refractivity (Wildman–Crippen MR) is 59.4 cm³/mol. The Labute approximate surface area is 91.2 Å². The molecule has 2 saturated carbocycles. The molecule has 2 rings (SSSR count). The Bertz CT molecular complexity index is 236. The van der Waals surface area contributed by atoms with Crippen LogP contribution in [0.4, 0.5) is 0 Å². The molecule has 0 aromatic rings. The van der Waals surface area contributed by atoms with Crippen LogP contribution in [0.25, 0.3) is 0 Å². The Morgan fingerprint density at radius 3 is 2.53 bits per heavy atom. The number of nitrogens with zero attached hydrogens (tertiary/aromatic N) is 1. The summed E-state index contributed by atoms with van der Waals surface area (Å²) >= 11 is 0. The number of hydrogen-bond acceptors (Lipinski definition) is 3. The Hall–Kier alpha value is -0.610. The monoisotopic (exact) mass is 211 g/mol. The second kappa shape index (κ2) is 4.49. The average molecular weight is 211 g/mol. The molecule has 86 valence electrons. The van der Waals surface area contributed by atoms with Crippen LogP contribution in [0.5, 0.6) is 0 Å². The van der Waals surface area contributed by atoms with E-state index in [4.69, 9.17) is 5.73 Å². The van der Waals surface area contributed by atoms with Gasteiger partial charge in [-0.3, -0.25) is 9.69 Å². The van der Waals surface area contributed by atoms with Gasteiger partial charge in [-0.1, -0.05) is 0 Å². The van der Waals surface area contributed by atoms with E-state index in [1.807, 2.05) is 0 Å². The normalized spacial score (nSPS) is 23.1. The van der Waals surface area contributed by atoms with Gasteiger partial charge < -0.3 is 11.1 Å². The highest BCUT2D eigenvalue weighted by Gasteiger charge is 2.35. The van der Waals surface area contributed by atoms with Gasteiger partial charge in [-0.15, -0.1) is 0 Å². The van der Waals surface area contributed by atoms with Gasteiger partial charge in [-0.2, -0.15) is 0 Å². The molecule has 1 atom stereocenters. The van der Waals surface area contributed by atoms with E-state index in [2.05, 4.69) is 10.2 Å². The number of rotatable bonds is 7. The number of amides is 1. The maximum absolute atomic E-state index is 11.1. The van der Waals surface area contributed by atoms with Crippen molar-refractivity contribution in [2.45, 2.75) is 37.8 Å². The molecular formula is C11H21N3O.